The van der Waals surface area contributed by atoms with Gasteiger partial charge in [-0.25, -0.2) is 4.68 Å². The number of aryl methyl sites for hydroxylation is 2. The summed E-state index contributed by atoms with van der Waals surface area (Å²) in [4.78, 5) is 28.1. The number of nitrogens with zero attached hydrogens (tertiary/aromatic N) is 6. The van der Waals surface area contributed by atoms with E-state index in [1.54, 1.807) is 23.0 Å². The second-order valence-corrected chi connectivity index (χ2v) is 12.7. The molecule has 4 aliphatic rings. The number of fused-ring (bicyclic) bond motifs is 7. The molecule has 5 heterocycles. The van der Waals surface area contributed by atoms with Gasteiger partial charge in [0.1, 0.15) is 0 Å². The van der Waals surface area contributed by atoms with E-state index in [2.05, 4.69) is 51.5 Å². The largest absolute Gasteiger partial charge is 0.477 e. The van der Waals surface area contributed by atoms with Crippen LogP contribution in [0.5, 0.6) is 5.88 Å². The number of likely N-dealkylation sites (tertiary alicyclic amines) is 1. The molecule has 1 amide bonds. The molecule has 10 nitrogen and oxygen atoms in total. The highest BCUT2D eigenvalue weighted by molar-refractivity contribution is 6.20. The quantitative estimate of drug-likeness (QED) is 0.414. The Balaban J connectivity index is 1.26. The molecule has 3 aromatic rings. The fraction of sp³-hybridized carbons (Fsp3) is 0.515. The molecule has 2 aromatic heterocycles. The van der Waals surface area contributed by atoms with Crippen LogP contribution in [0.2, 0.25) is 0 Å². The maximum absolute atomic E-state index is 13.8. The maximum atomic E-state index is 13.8. The van der Waals surface area contributed by atoms with Crippen molar-refractivity contribution in [3.8, 4) is 17.1 Å². The summed E-state index contributed by atoms with van der Waals surface area (Å²) in [6.07, 6.45) is 8.79. The molecule has 1 saturated heterocycles. The van der Waals surface area contributed by atoms with Gasteiger partial charge < -0.3 is 25.2 Å². The number of pyridine rings is 1. The third kappa shape index (κ3) is 5.48. The second-order valence-electron chi connectivity index (χ2n) is 12.7. The number of nitrogens with one attached hydrogen (secondary N) is 2. The molecule has 2 fully saturated rings. The van der Waals surface area contributed by atoms with Crippen LogP contribution in [0.25, 0.3) is 11.3 Å². The highest BCUT2D eigenvalue weighted by Crippen LogP contribution is 2.46. The first-order valence-electron chi connectivity index (χ1n) is 15.8. The number of amides is 1. The van der Waals surface area contributed by atoms with Gasteiger partial charge in [-0.1, -0.05) is 6.42 Å². The van der Waals surface area contributed by atoms with Gasteiger partial charge in [-0.2, -0.15) is 10.1 Å². The Morgan fingerprint density at radius 2 is 1.93 bits per heavy atom. The topological polar surface area (TPSA) is 99.9 Å². The van der Waals surface area contributed by atoms with Crippen LogP contribution in [-0.2, 0) is 7.05 Å². The van der Waals surface area contributed by atoms with Crippen LogP contribution in [0.4, 0.5) is 17.1 Å². The Labute approximate surface area is 253 Å². The van der Waals surface area contributed by atoms with Gasteiger partial charge in [0, 0.05) is 49.0 Å². The Hall–Kier alpha value is -3.92. The lowest BCUT2D eigenvalue weighted by molar-refractivity contribution is 0.100. The first-order valence-corrected chi connectivity index (χ1v) is 15.8. The van der Waals surface area contributed by atoms with Crippen molar-refractivity contribution < 1.29 is 9.53 Å². The molecule has 0 spiro atoms. The Kier molecular flexibility index (Phi) is 7.33. The number of carbonyl (C=O) groups excluding carboxylic acids is 1. The summed E-state index contributed by atoms with van der Waals surface area (Å²) >= 11 is 0. The minimum Gasteiger partial charge on any atom is -0.477 e. The summed E-state index contributed by atoms with van der Waals surface area (Å²) in [6.45, 7) is 10.3. The summed E-state index contributed by atoms with van der Waals surface area (Å²) < 4.78 is 8.18. The average Bonchev–Trinajstić information content (AvgIpc) is 3.67. The first kappa shape index (κ1) is 27.9. The van der Waals surface area contributed by atoms with Crippen molar-refractivity contribution in [3.05, 3.63) is 47.3 Å². The summed E-state index contributed by atoms with van der Waals surface area (Å²) in [5.41, 5.74) is 7.06. The maximum Gasteiger partial charge on any atom is 0.280 e. The van der Waals surface area contributed by atoms with E-state index in [0.717, 1.165) is 54.1 Å². The molecule has 0 radical (unpaired) electrons. The number of aromatic nitrogens is 3. The minimum atomic E-state index is -0.293. The number of ether oxygens (including phenoxy) is 1. The molecule has 10 heteroatoms. The van der Waals surface area contributed by atoms with Gasteiger partial charge in [0.25, 0.3) is 5.91 Å². The van der Waals surface area contributed by atoms with Crippen LogP contribution in [0.15, 0.2) is 35.5 Å². The van der Waals surface area contributed by atoms with E-state index in [1.807, 2.05) is 14.0 Å². The molecule has 1 aromatic carbocycles. The predicted octanol–water partition coefficient (Wildman–Crippen LogP) is 5.37. The molecule has 2 atom stereocenters. The average molecular weight is 583 g/mol. The number of anilines is 3. The van der Waals surface area contributed by atoms with Gasteiger partial charge >= 0.3 is 0 Å². The van der Waals surface area contributed by atoms with Crippen LogP contribution in [0, 0.1) is 19.8 Å². The zero-order valence-electron chi connectivity index (χ0n) is 25.7. The summed E-state index contributed by atoms with van der Waals surface area (Å²) in [6, 6.07) is 8.34. The molecule has 1 saturated carbocycles. The van der Waals surface area contributed by atoms with E-state index in [0.29, 0.717) is 41.7 Å². The van der Waals surface area contributed by atoms with Crippen molar-refractivity contribution in [2.75, 3.05) is 41.8 Å². The number of aliphatic imine (C=N–C) groups is 1. The third-order valence-corrected chi connectivity index (χ3v) is 9.25. The fourth-order valence-corrected chi connectivity index (χ4v) is 7.00. The lowest BCUT2D eigenvalue weighted by atomic mass is 10.0. The molecule has 2 unspecified atom stereocenters. The van der Waals surface area contributed by atoms with E-state index in [-0.39, 0.29) is 11.9 Å². The summed E-state index contributed by atoms with van der Waals surface area (Å²) in [5.74, 6) is 1.47. The first-order chi connectivity index (χ1) is 20.9. The zero-order valence-corrected chi connectivity index (χ0v) is 25.7. The van der Waals surface area contributed by atoms with Gasteiger partial charge in [0.2, 0.25) is 11.8 Å². The highest BCUT2D eigenvalue weighted by Gasteiger charge is 2.42. The molecule has 2 bridgehead atoms. The number of hydrogen-bond acceptors (Lipinski definition) is 8. The van der Waals surface area contributed by atoms with Gasteiger partial charge in [0.15, 0.2) is 0 Å². The molecule has 1 aliphatic carbocycles. The Morgan fingerprint density at radius 3 is 2.72 bits per heavy atom. The van der Waals surface area contributed by atoms with Crippen molar-refractivity contribution in [3.63, 3.8) is 0 Å². The lowest BCUT2D eigenvalue weighted by Crippen LogP contribution is -2.43. The SMILES string of the molecule is Cc1cc2cc(n1)-c1cnn(C)c1OCCC(C1CC1)N1/C(=N/C2=O)Nc2ccc(NC(C)CN3CCCCC3)c(C)c21. The Morgan fingerprint density at radius 1 is 1.12 bits per heavy atom. The molecule has 226 valence electrons. The van der Waals surface area contributed by atoms with Crippen LogP contribution >= 0.6 is 0 Å². The standard InChI is InChI=1S/C33H42N8O2/c1-20-16-24-17-28(35-20)25-18-34-39(4)32(25)43-15-12-29(23-8-9-23)41-30-22(3)26(10-11-27(30)37-33(41)38-31(24)42)36-21(2)19-40-13-6-5-7-14-40/h10-11,16-18,21,23,29,36H,5-9,12-15,19H2,1-4H3,(H,37,38,42). The van der Waals surface area contributed by atoms with E-state index >= 15 is 0 Å². The van der Waals surface area contributed by atoms with Crippen molar-refractivity contribution >= 4 is 28.9 Å². The molecule has 3 aliphatic heterocycles. The van der Waals surface area contributed by atoms with Gasteiger partial charge in [-0.3, -0.25) is 9.78 Å². The number of benzene rings is 1. The van der Waals surface area contributed by atoms with Gasteiger partial charge in [0.05, 0.1) is 35.4 Å². The lowest BCUT2D eigenvalue weighted by Gasteiger charge is -2.32. The molecule has 43 heavy (non-hydrogen) atoms. The van der Waals surface area contributed by atoms with Crippen LogP contribution in [0.1, 0.15) is 67.1 Å². The summed E-state index contributed by atoms with van der Waals surface area (Å²) in [7, 11) is 1.88. The second kappa shape index (κ2) is 11.3. The van der Waals surface area contributed by atoms with Crippen LogP contribution in [-0.4, -0.2) is 69.9 Å². The van der Waals surface area contributed by atoms with E-state index < -0.39 is 0 Å². The number of hydrogen-bond donors (Lipinski definition) is 2. The van der Waals surface area contributed by atoms with Crippen molar-refractivity contribution in [1.82, 2.24) is 19.7 Å². The molecular weight excluding hydrogens is 540 g/mol. The van der Waals surface area contributed by atoms with Gasteiger partial charge in [-0.15, -0.1) is 0 Å². The molecular formula is C33H42N8O2. The summed E-state index contributed by atoms with van der Waals surface area (Å²) in [5, 5.41) is 11.8. The molecule has 2 N–H and O–H groups in total. The Bertz CT molecular complexity index is 1570. The monoisotopic (exact) mass is 582 g/mol. The number of piperidine rings is 1. The van der Waals surface area contributed by atoms with E-state index in [9.17, 15) is 4.79 Å². The van der Waals surface area contributed by atoms with Crippen molar-refractivity contribution in [2.45, 2.75) is 71.4 Å². The predicted molar refractivity (Wildman–Crippen MR) is 170 cm³/mol. The normalized spacial score (nSPS) is 22.4. The highest BCUT2D eigenvalue weighted by atomic mass is 16.5. The van der Waals surface area contributed by atoms with Crippen LogP contribution in [0.3, 0.4) is 0 Å². The number of carbonyl (C=O) groups is 1. The number of guanidine groups is 1. The van der Waals surface area contributed by atoms with Crippen molar-refractivity contribution in [2.24, 2.45) is 18.0 Å². The zero-order chi connectivity index (χ0) is 29.7. The number of rotatable bonds is 5. The van der Waals surface area contributed by atoms with E-state index in [4.69, 9.17) is 14.7 Å². The molecule has 7 rings (SSSR count). The van der Waals surface area contributed by atoms with Gasteiger partial charge in [-0.05, 0) is 95.3 Å². The smallest absolute Gasteiger partial charge is 0.280 e. The minimum absolute atomic E-state index is 0.139. The van der Waals surface area contributed by atoms with Crippen molar-refractivity contribution in [1.29, 1.82) is 0 Å². The third-order valence-electron chi connectivity index (χ3n) is 9.25. The van der Waals surface area contributed by atoms with Crippen LogP contribution < -0.4 is 20.3 Å². The fourth-order valence-electron chi connectivity index (χ4n) is 7.00. The van der Waals surface area contributed by atoms with E-state index in [1.165, 1.54) is 37.9 Å².